The second kappa shape index (κ2) is 13.3. The number of carbonyl (C=O) groups excluding carboxylic acids is 1. The second-order valence-electron chi connectivity index (χ2n) is 8.95. The molecule has 1 heterocycles. The SMILES string of the molecule is C=IC(F)(F)Oc1ccc(-c2cc(-c3ccc(OC(F)(F)F)cc3)n(Cc3cccc(C(=O)NCCC(=O)O)c3)n2)cc1. The number of hydrogen-bond donors (Lipinski definition) is 2. The molecule has 4 rings (SSSR count). The Balaban J connectivity index is 1.65. The molecule has 43 heavy (non-hydrogen) atoms. The number of carboxylic acid groups (broad SMARTS) is 1. The highest BCUT2D eigenvalue weighted by molar-refractivity contribution is 14.2. The van der Waals surface area contributed by atoms with Gasteiger partial charge in [0.1, 0.15) is 11.5 Å². The Morgan fingerprint density at radius 2 is 1.53 bits per heavy atom. The minimum atomic E-state index is -4.85. The van der Waals surface area contributed by atoms with Gasteiger partial charge in [-0.05, 0) is 72.3 Å². The third-order valence-corrected chi connectivity index (χ3v) is 6.96. The maximum absolute atomic E-state index is 13.6. The third kappa shape index (κ3) is 9.07. The summed E-state index contributed by atoms with van der Waals surface area (Å²) in [5, 5.41) is 16.0. The van der Waals surface area contributed by atoms with E-state index >= 15 is 0 Å². The summed E-state index contributed by atoms with van der Waals surface area (Å²) in [6.45, 7) is 0.102. The number of carboxylic acids is 1. The van der Waals surface area contributed by atoms with E-state index in [-0.39, 0.29) is 25.3 Å². The smallest absolute Gasteiger partial charge is 0.481 e. The fraction of sp³-hybridized carbons (Fsp3) is 0.172. The van der Waals surface area contributed by atoms with Crippen LogP contribution >= 0.6 is 20.7 Å². The number of aliphatic carboxylic acids is 1. The molecule has 0 saturated carbocycles. The molecule has 1 amide bonds. The fourth-order valence-corrected chi connectivity index (χ4v) is 4.37. The van der Waals surface area contributed by atoms with E-state index in [1.54, 1.807) is 47.1 Å². The topological polar surface area (TPSA) is 103 Å². The first kappa shape index (κ1) is 31.6. The van der Waals surface area contributed by atoms with Gasteiger partial charge in [0.25, 0.3) is 5.91 Å². The molecule has 4 aromatic rings. The van der Waals surface area contributed by atoms with Crippen LogP contribution in [0.5, 0.6) is 11.5 Å². The Morgan fingerprint density at radius 1 is 0.907 bits per heavy atom. The number of ether oxygens (including phenoxy) is 2. The van der Waals surface area contributed by atoms with Gasteiger partial charge in [0.2, 0.25) is 0 Å². The molecule has 0 saturated heterocycles. The highest BCUT2D eigenvalue weighted by atomic mass is 127. The molecule has 14 heteroatoms. The van der Waals surface area contributed by atoms with Gasteiger partial charge < -0.3 is 19.9 Å². The number of aromatic nitrogens is 2. The Hall–Kier alpha value is -4.34. The lowest BCUT2D eigenvalue weighted by molar-refractivity contribution is -0.274. The molecule has 0 aliphatic carbocycles. The standard InChI is InChI=1S/C29H23F5IN3O5/c1-35-29(33,34)43-23-9-5-19(6-10-23)24-16-25(20-7-11-22(12-8-20)42-28(30,31)32)38(37-24)17-18-3-2-4-21(15-18)27(41)36-14-13-26(39)40/h2-12,15-16H,1,13-14,17H2,(H,36,41)(H,39,40). The maximum Gasteiger partial charge on any atom is 0.573 e. The highest BCUT2D eigenvalue weighted by Gasteiger charge is 2.31. The first-order chi connectivity index (χ1) is 20.3. The molecule has 0 fully saturated rings. The lowest BCUT2D eigenvalue weighted by atomic mass is 10.1. The largest absolute Gasteiger partial charge is 0.573 e. The van der Waals surface area contributed by atoms with Crippen LogP contribution in [0.25, 0.3) is 22.5 Å². The number of amides is 1. The van der Waals surface area contributed by atoms with Gasteiger partial charge in [-0.1, -0.05) is 16.6 Å². The molecular formula is C29H23F5IN3O5. The van der Waals surface area contributed by atoms with Crippen molar-refractivity contribution in [2.24, 2.45) is 0 Å². The maximum atomic E-state index is 13.6. The van der Waals surface area contributed by atoms with Crippen molar-refractivity contribution < 1.29 is 46.1 Å². The van der Waals surface area contributed by atoms with Gasteiger partial charge in [-0.25, -0.2) is 0 Å². The predicted octanol–water partition coefficient (Wildman–Crippen LogP) is 6.70. The minimum Gasteiger partial charge on any atom is -0.481 e. The van der Waals surface area contributed by atoms with E-state index in [1.807, 2.05) is 0 Å². The van der Waals surface area contributed by atoms with E-state index in [0.29, 0.717) is 33.6 Å². The van der Waals surface area contributed by atoms with Gasteiger partial charge in [0.05, 0.1) is 24.4 Å². The van der Waals surface area contributed by atoms with Crippen LogP contribution < -0.4 is 14.8 Å². The third-order valence-electron chi connectivity index (χ3n) is 5.85. The average molecular weight is 715 g/mol. The van der Waals surface area contributed by atoms with Crippen LogP contribution in [0.2, 0.25) is 0 Å². The van der Waals surface area contributed by atoms with Crippen LogP contribution in [0.1, 0.15) is 22.3 Å². The number of halogens is 6. The van der Waals surface area contributed by atoms with Gasteiger partial charge >= 0.3 is 16.4 Å². The van der Waals surface area contributed by atoms with E-state index < -0.39 is 48.8 Å². The minimum absolute atomic E-state index is 0.0442. The van der Waals surface area contributed by atoms with E-state index in [1.165, 1.54) is 36.4 Å². The number of benzene rings is 3. The molecule has 0 radical (unpaired) electrons. The summed E-state index contributed by atoms with van der Waals surface area (Å²) in [6.07, 6.45) is -5.08. The van der Waals surface area contributed by atoms with Crippen molar-refractivity contribution in [3.05, 3.63) is 90.0 Å². The van der Waals surface area contributed by atoms with Crippen molar-refractivity contribution in [1.29, 1.82) is 0 Å². The van der Waals surface area contributed by atoms with Gasteiger partial charge in [-0.3, -0.25) is 14.3 Å². The molecule has 0 spiro atoms. The van der Waals surface area contributed by atoms with Gasteiger partial charge in [-0.15, -0.1) is 13.2 Å². The Morgan fingerprint density at radius 3 is 2.14 bits per heavy atom. The summed E-state index contributed by atoms with van der Waals surface area (Å²) < 4.78 is 75.4. The molecular weight excluding hydrogens is 692 g/mol. The van der Waals surface area contributed by atoms with Crippen molar-refractivity contribution in [2.75, 3.05) is 6.54 Å². The fourth-order valence-electron chi connectivity index (χ4n) is 3.96. The van der Waals surface area contributed by atoms with Crippen LogP contribution in [0.3, 0.4) is 0 Å². The molecule has 2 N–H and O–H groups in total. The first-order valence-corrected chi connectivity index (χ1v) is 15.0. The van der Waals surface area contributed by atoms with E-state index in [0.717, 1.165) is 0 Å². The Kier molecular flexibility index (Phi) is 9.78. The van der Waals surface area contributed by atoms with Crippen molar-refractivity contribution in [1.82, 2.24) is 15.1 Å². The van der Waals surface area contributed by atoms with Crippen LogP contribution in [-0.4, -0.2) is 48.3 Å². The molecule has 8 nitrogen and oxygen atoms in total. The van der Waals surface area contributed by atoms with Gasteiger partial charge in [0.15, 0.2) is 0 Å². The van der Waals surface area contributed by atoms with Crippen molar-refractivity contribution in [3.63, 3.8) is 0 Å². The van der Waals surface area contributed by atoms with Gasteiger partial charge in [-0.2, -0.15) is 13.9 Å². The molecule has 0 aliphatic rings. The Bertz CT molecular complexity index is 1610. The van der Waals surface area contributed by atoms with Crippen LogP contribution in [0.15, 0.2) is 78.9 Å². The van der Waals surface area contributed by atoms with Crippen LogP contribution in [0, 0.1) is 0 Å². The van der Waals surface area contributed by atoms with E-state index in [2.05, 4.69) is 19.7 Å². The Labute approximate surface area is 251 Å². The first-order valence-electron chi connectivity index (χ1n) is 12.4. The lowest BCUT2D eigenvalue weighted by Crippen LogP contribution is -2.26. The molecule has 226 valence electrons. The summed E-state index contributed by atoms with van der Waals surface area (Å²) in [5.41, 5.74) is 2.97. The monoisotopic (exact) mass is 715 g/mol. The lowest BCUT2D eigenvalue weighted by Gasteiger charge is -2.12. The molecule has 0 bridgehead atoms. The number of nitrogens with zero attached hydrogens (tertiary/aromatic N) is 2. The number of rotatable bonds is 12. The summed E-state index contributed by atoms with van der Waals surface area (Å²) in [7, 11) is 0. The summed E-state index contributed by atoms with van der Waals surface area (Å²) >= 11 is -1.73. The zero-order chi connectivity index (χ0) is 31.2. The molecule has 1 aromatic heterocycles. The van der Waals surface area contributed by atoms with Crippen molar-refractivity contribution >= 4 is 37.1 Å². The highest BCUT2D eigenvalue weighted by Crippen LogP contribution is 2.33. The number of carbonyl (C=O) groups is 2. The van der Waals surface area contributed by atoms with Crippen LogP contribution in [-0.2, 0) is 11.3 Å². The second-order valence-corrected chi connectivity index (χ2v) is 11.0. The summed E-state index contributed by atoms with van der Waals surface area (Å²) in [5.74, 6) is -1.95. The zero-order valence-corrected chi connectivity index (χ0v) is 24.2. The number of nitrogens with one attached hydrogen (secondary N) is 1. The van der Waals surface area contributed by atoms with Crippen molar-refractivity contribution in [3.8, 4) is 34.0 Å². The van der Waals surface area contributed by atoms with E-state index in [9.17, 15) is 31.5 Å². The van der Waals surface area contributed by atoms with Crippen LogP contribution in [0.4, 0.5) is 22.0 Å². The molecule has 3 aromatic carbocycles. The van der Waals surface area contributed by atoms with E-state index in [4.69, 9.17) is 9.84 Å². The normalized spacial score (nSPS) is 11.7. The predicted molar refractivity (Wildman–Crippen MR) is 157 cm³/mol. The summed E-state index contributed by atoms with van der Waals surface area (Å²) in [4.78, 5) is 23.2. The number of hydrogen-bond acceptors (Lipinski definition) is 5. The van der Waals surface area contributed by atoms with Gasteiger partial charge in [0, 0.05) is 44.0 Å². The average Bonchev–Trinajstić information content (AvgIpc) is 3.36. The quantitative estimate of drug-likeness (QED) is 0.0963. The summed E-state index contributed by atoms with van der Waals surface area (Å²) in [6, 6.07) is 19.3. The molecule has 0 atom stereocenters. The zero-order valence-electron chi connectivity index (χ0n) is 22.1. The molecule has 0 aliphatic heterocycles. The number of alkyl halides is 6. The van der Waals surface area contributed by atoms with Crippen molar-refractivity contribution in [2.45, 2.75) is 23.4 Å². The molecule has 0 unspecified atom stereocenters.